The van der Waals surface area contributed by atoms with E-state index in [9.17, 15) is 0 Å². The highest BCUT2D eigenvalue weighted by molar-refractivity contribution is 5.85. The molecule has 0 spiro atoms. The number of methoxy groups -OCH3 is 1. The lowest BCUT2D eigenvalue weighted by atomic mass is 10.00. The van der Waals surface area contributed by atoms with Crippen molar-refractivity contribution in [3.63, 3.8) is 0 Å². The molecule has 80 valence electrons. The number of ether oxygens (including phenoxy) is 1. The zero-order valence-corrected chi connectivity index (χ0v) is 9.73. The van der Waals surface area contributed by atoms with Gasteiger partial charge >= 0.3 is 0 Å². The van der Waals surface area contributed by atoms with Crippen molar-refractivity contribution in [1.82, 2.24) is 0 Å². The minimum atomic E-state index is 0. The molecule has 2 nitrogen and oxygen atoms in total. The van der Waals surface area contributed by atoms with Gasteiger partial charge in [-0.3, -0.25) is 0 Å². The Bertz CT molecular complexity index is 289. The van der Waals surface area contributed by atoms with Gasteiger partial charge < -0.3 is 10.5 Å². The van der Waals surface area contributed by atoms with E-state index in [2.05, 4.69) is 13.8 Å². The van der Waals surface area contributed by atoms with Crippen molar-refractivity contribution in [1.29, 1.82) is 0 Å². The maximum Gasteiger partial charge on any atom is 0.119 e. The molecule has 0 radical (unpaired) electrons. The van der Waals surface area contributed by atoms with Crippen LogP contribution >= 0.6 is 12.4 Å². The summed E-state index contributed by atoms with van der Waals surface area (Å²) in [5.41, 5.74) is 8.36. The first-order chi connectivity index (χ1) is 6.19. The monoisotopic (exact) mass is 215 g/mol. The molecule has 1 atom stereocenters. The van der Waals surface area contributed by atoms with Crippen molar-refractivity contribution in [2.24, 2.45) is 5.73 Å². The van der Waals surface area contributed by atoms with Crippen LogP contribution in [-0.4, -0.2) is 7.11 Å². The average molecular weight is 216 g/mol. The quantitative estimate of drug-likeness (QED) is 0.842. The molecular weight excluding hydrogens is 198 g/mol. The Hall–Kier alpha value is -0.730. The number of nitrogens with two attached hydrogens (primary N) is 1. The fraction of sp³-hybridized carbons (Fsp3) is 0.455. The number of aryl methyl sites for hydroxylation is 1. The molecular formula is C11H18ClNO. The summed E-state index contributed by atoms with van der Waals surface area (Å²) in [6.45, 7) is 4.15. The minimum absolute atomic E-state index is 0. The lowest BCUT2D eigenvalue weighted by Gasteiger charge is -2.13. The molecule has 0 saturated carbocycles. The molecule has 0 saturated heterocycles. The molecule has 0 heterocycles. The molecule has 1 aromatic rings. The van der Waals surface area contributed by atoms with Gasteiger partial charge in [0, 0.05) is 6.04 Å². The van der Waals surface area contributed by atoms with Crippen LogP contribution in [0.15, 0.2) is 18.2 Å². The highest BCUT2D eigenvalue weighted by Crippen LogP contribution is 2.22. The van der Waals surface area contributed by atoms with Crippen molar-refractivity contribution in [2.45, 2.75) is 26.3 Å². The van der Waals surface area contributed by atoms with Gasteiger partial charge in [-0.25, -0.2) is 0 Å². The molecule has 1 rings (SSSR count). The molecule has 2 N–H and O–H groups in total. The van der Waals surface area contributed by atoms with E-state index in [4.69, 9.17) is 10.5 Å². The fourth-order valence-corrected chi connectivity index (χ4v) is 1.41. The predicted octanol–water partition coefficient (Wildman–Crippen LogP) is 2.84. The summed E-state index contributed by atoms with van der Waals surface area (Å²) in [4.78, 5) is 0. The second-order valence-corrected chi connectivity index (χ2v) is 3.24. The normalized spacial score (nSPS) is 11.7. The maximum atomic E-state index is 5.95. The molecule has 0 aliphatic carbocycles. The second kappa shape index (κ2) is 5.89. The Morgan fingerprint density at radius 1 is 1.43 bits per heavy atom. The molecule has 14 heavy (non-hydrogen) atoms. The number of benzene rings is 1. The number of halogens is 1. The van der Waals surface area contributed by atoms with E-state index in [0.717, 1.165) is 12.2 Å². The van der Waals surface area contributed by atoms with E-state index in [1.54, 1.807) is 7.11 Å². The van der Waals surface area contributed by atoms with Crippen LogP contribution in [0.1, 0.15) is 30.5 Å². The lowest BCUT2D eigenvalue weighted by Crippen LogP contribution is -2.10. The molecule has 3 heteroatoms. The number of rotatable bonds is 3. The summed E-state index contributed by atoms with van der Waals surface area (Å²) in [6.07, 6.45) is 0.965. The molecule has 0 amide bonds. The molecule has 0 unspecified atom stereocenters. The summed E-state index contributed by atoms with van der Waals surface area (Å²) in [5.74, 6) is 0.893. The predicted molar refractivity (Wildman–Crippen MR) is 62.2 cm³/mol. The topological polar surface area (TPSA) is 35.2 Å². The first-order valence-corrected chi connectivity index (χ1v) is 4.59. The van der Waals surface area contributed by atoms with E-state index in [1.807, 2.05) is 18.2 Å². The molecule has 0 aromatic heterocycles. The third kappa shape index (κ3) is 2.89. The van der Waals surface area contributed by atoms with Crippen LogP contribution in [0.5, 0.6) is 5.75 Å². The number of hydrogen-bond acceptors (Lipinski definition) is 2. The molecule has 1 aromatic carbocycles. The van der Waals surface area contributed by atoms with Gasteiger partial charge in [-0.05, 0) is 36.6 Å². The molecule has 0 aliphatic heterocycles. The highest BCUT2D eigenvalue weighted by atomic mass is 35.5. The van der Waals surface area contributed by atoms with Crippen LogP contribution in [0, 0.1) is 6.92 Å². The SMILES string of the molecule is CC[C@@H](N)c1ccc(OC)cc1C.Cl. The van der Waals surface area contributed by atoms with Crippen LogP contribution in [-0.2, 0) is 0 Å². The minimum Gasteiger partial charge on any atom is -0.497 e. The summed E-state index contributed by atoms with van der Waals surface area (Å²) < 4.78 is 5.12. The van der Waals surface area contributed by atoms with E-state index in [1.165, 1.54) is 11.1 Å². The molecule has 0 fully saturated rings. The maximum absolute atomic E-state index is 5.95. The van der Waals surface area contributed by atoms with Gasteiger partial charge in [-0.15, -0.1) is 12.4 Å². The van der Waals surface area contributed by atoms with Crippen molar-refractivity contribution in [3.05, 3.63) is 29.3 Å². The third-order valence-electron chi connectivity index (χ3n) is 2.32. The Kier molecular flexibility index (Phi) is 5.58. The summed E-state index contributed by atoms with van der Waals surface area (Å²) >= 11 is 0. The third-order valence-corrected chi connectivity index (χ3v) is 2.32. The van der Waals surface area contributed by atoms with Crippen LogP contribution < -0.4 is 10.5 Å². The van der Waals surface area contributed by atoms with Gasteiger partial charge in [0.1, 0.15) is 5.75 Å². The van der Waals surface area contributed by atoms with Crippen LogP contribution in [0.25, 0.3) is 0 Å². The van der Waals surface area contributed by atoms with Crippen molar-refractivity contribution < 1.29 is 4.74 Å². The van der Waals surface area contributed by atoms with Crippen LogP contribution in [0.4, 0.5) is 0 Å². The molecule has 0 bridgehead atoms. The van der Waals surface area contributed by atoms with Gasteiger partial charge in [0.25, 0.3) is 0 Å². The van der Waals surface area contributed by atoms with E-state index < -0.39 is 0 Å². The van der Waals surface area contributed by atoms with Gasteiger partial charge in [0.2, 0.25) is 0 Å². The summed E-state index contributed by atoms with van der Waals surface area (Å²) in [6, 6.07) is 6.16. The molecule has 0 aliphatic rings. The van der Waals surface area contributed by atoms with Gasteiger partial charge in [-0.1, -0.05) is 13.0 Å². The Morgan fingerprint density at radius 3 is 2.50 bits per heavy atom. The second-order valence-electron chi connectivity index (χ2n) is 3.24. The van der Waals surface area contributed by atoms with E-state index in [-0.39, 0.29) is 18.4 Å². The van der Waals surface area contributed by atoms with Crippen LogP contribution in [0.2, 0.25) is 0 Å². The zero-order valence-electron chi connectivity index (χ0n) is 8.91. The fourth-order valence-electron chi connectivity index (χ4n) is 1.41. The van der Waals surface area contributed by atoms with Gasteiger partial charge in [0.15, 0.2) is 0 Å². The van der Waals surface area contributed by atoms with Crippen molar-refractivity contribution in [2.75, 3.05) is 7.11 Å². The first-order valence-electron chi connectivity index (χ1n) is 4.59. The Morgan fingerprint density at radius 2 is 2.07 bits per heavy atom. The van der Waals surface area contributed by atoms with Gasteiger partial charge in [-0.2, -0.15) is 0 Å². The van der Waals surface area contributed by atoms with Crippen LogP contribution in [0.3, 0.4) is 0 Å². The van der Waals surface area contributed by atoms with Gasteiger partial charge in [0.05, 0.1) is 7.11 Å². The lowest BCUT2D eigenvalue weighted by molar-refractivity contribution is 0.414. The highest BCUT2D eigenvalue weighted by Gasteiger charge is 2.06. The largest absolute Gasteiger partial charge is 0.497 e. The number of hydrogen-bond donors (Lipinski definition) is 1. The summed E-state index contributed by atoms with van der Waals surface area (Å²) in [7, 11) is 1.67. The zero-order chi connectivity index (χ0) is 9.84. The summed E-state index contributed by atoms with van der Waals surface area (Å²) in [5, 5.41) is 0. The Balaban J connectivity index is 0.00000169. The Labute approximate surface area is 91.9 Å². The first kappa shape index (κ1) is 13.3. The van der Waals surface area contributed by atoms with E-state index in [0.29, 0.717) is 0 Å². The average Bonchev–Trinajstić information content (AvgIpc) is 2.16. The standard InChI is InChI=1S/C11H17NO.ClH/c1-4-11(12)10-6-5-9(13-3)7-8(10)2;/h5-7,11H,4,12H2,1-3H3;1H/t11-;/m1./s1. The van der Waals surface area contributed by atoms with Crippen molar-refractivity contribution in [3.8, 4) is 5.75 Å². The van der Waals surface area contributed by atoms with Crippen molar-refractivity contribution >= 4 is 12.4 Å². The van der Waals surface area contributed by atoms with E-state index >= 15 is 0 Å². The smallest absolute Gasteiger partial charge is 0.119 e.